The number of benzene rings is 1. The molecule has 1 saturated carbocycles. The van der Waals surface area contributed by atoms with Crippen molar-refractivity contribution in [2.75, 3.05) is 20.6 Å². The highest BCUT2D eigenvalue weighted by Gasteiger charge is 2.53. The molecular weight excluding hydrogens is 387 g/mol. The Morgan fingerprint density at radius 3 is 2.83 bits per heavy atom. The van der Waals surface area contributed by atoms with Gasteiger partial charge in [0.25, 0.3) is 0 Å². The highest BCUT2D eigenvalue weighted by atomic mass is 32.2. The Morgan fingerprint density at radius 2 is 2.14 bits per heavy atom. The number of carbonyl (C=O) groups is 1. The van der Waals surface area contributed by atoms with Gasteiger partial charge in [-0.15, -0.1) is 11.8 Å². The summed E-state index contributed by atoms with van der Waals surface area (Å²) in [5.41, 5.74) is 1.56. The number of fused-ring (bicyclic) bond motifs is 3. The summed E-state index contributed by atoms with van der Waals surface area (Å²) >= 11 is 1.55. The van der Waals surface area contributed by atoms with Crippen molar-refractivity contribution >= 4 is 17.7 Å². The van der Waals surface area contributed by atoms with Crippen molar-refractivity contribution in [1.29, 1.82) is 0 Å². The highest BCUT2D eigenvalue weighted by molar-refractivity contribution is 8.03. The van der Waals surface area contributed by atoms with Crippen LogP contribution in [-0.2, 0) is 4.79 Å². The predicted octanol–water partition coefficient (Wildman–Crippen LogP) is 3.34. The molecule has 2 N–H and O–H groups in total. The molecule has 2 aliphatic heterocycles. The molecule has 4 nitrogen and oxygen atoms in total. The number of nitrogens with zero attached hydrogens (tertiary/aromatic N) is 1. The quantitative estimate of drug-likeness (QED) is 0.788. The van der Waals surface area contributed by atoms with Gasteiger partial charge in [-0.25, -0.2) is 4.39 Å². The fourth-order valence-electron chi connectivity index (χ4n) is 5.72. The monoisotopic (exact) mass is 418 g/mol. The first-order valence-electron chi connectivity index (χ1n) is 10.5. The average molecular weight is 419 g/mol. The largest absolute Gasteiger partial charge is 0.392 e. The van der Waals surface area contributed by atoms with E-state index in [1.807, 2.05) is 38.6 Å². The van der Waals surface area contributed by atoms with Crippen molar-refractivity contribution in [2.24, 2.45) is 17.8 Å². The molecular formula is C23H31FN2O2S. The molecule has 158 valence electrons. The molecule has 2 fully saturated rings. The average Bonchev–Trinajstić information content (AvgIpc) is 3.12. The number of piperidine rings is 1. The Hall–Kier alpha value is -1.37. The molecule has 1 aromatic carbocycles. The van der Waals surface area contributed by atoms with Crippen LogP contribution < -0.4 is 5.32 Å². The zero-order chi connectivity index (χ0) is 20.9. The topological polar surface area (TPSA) is 52.6 Å². The number of hydrogen-bond donors (Lipinski definition) is 2. The van der Waals surface area contributed by atoms with Gasteiger partial charge < -0.3 is 15.3 Å². The molecule has 1 aliphatic carbocycles. The van der Waals surface area contributed by atoms with E-state index >= 15 is 4.39 Å². The van der Waals surface area contributed by atoms with Gasteiger partial charge in [0, 0.05) is 24.4 Å². The molecule has 1 amide bonds. The first kappa shape index (κ1) is 20.9. The summed E-state index contributed by atoms with van der Waals surface area (Å²) in [5.74, 6) is 0.151. The molecule has 29 heavy (non-hydrogen) atoms. The van der Waals surface area contributed by atoms with Crippen molar-refractivity contribution in [3.63, 3.8) is 0 Å². The van der Waals surface area contributed by atoms with Crippen molar-refractivity contribution in [3.8, 4) is 0 Å². The molecule has 1 aromatic rings. The summed E-state index contributed by atoms with van der Waals surface area (Å²) in [5, 5.41) is 16.1. The van der Waals surface area contributed by atoms with Gasteiger partial charge >= 0.3 is 0 Å². The Morgan fingerprint density at radius 1 is 1.38 bits per heavy atom. The van der Waals surface area contributed by atoms with Gasteiger partial charge in [-0.2, -0.15) is 0 Å². The molecule has 1 saturated heterocycles. The molecule has 8 atom stereocenters. The van der Waals surface area contributed by atoms with E-state index in [1.54, 1.807) is 17.8 Å². The van der Waals surface area contributed by atoms with E-state index in [9.17, 15) is 9.90 Å². The van der Waals surface area contributed by atoms with Gasteiger partial charge in [0.1, 0.15) is 5.82 Å². The van der Waals surface area contributed by atoms with E-state index in [-0.39, 0.29) is 52.6 Å². The van der Waals surface area contributed by atoms with Gasteiger partial charge in [-0.05, 0) is 60.9 Å². The van der Waals surface area contributed by atoms with Crippen LogP contribution >= 0.6 is 11.8 Å². The molecule has 0 aromatic heterocycles. The molecule has 7 unspecified atom stereocenters. The number of halogens is 1. The minimum atomic E-state index is -0.537. The van der Waals surface area contributed by atoms with Crippen LogP contribution in [0.3, 0.4) is 0 Å². The third-order valence-electron chi connectivity index (χ3n) is 6.94. The zero-order valence-corrected chi connectivity index (χ0v) is 18.3. The Bertz CT molecular complexity index is 814. The van der Waals surface area contributed by atoms with Crippen LogP contribution in [0.2, 0.25) is 0 Å². The lowest BCUT2D eigenvalue weighted by atomic mass is 9.60. The van der Waals surface area contributed by atoms with E-state index in [2.05, 4.69) is 23.2 Å². The lowest BCUT2D eigenvalue weighted by molar-refractivity contribution is -0.128. The molecule has 0 spiro atoms. The van der Waals surface area contributed by atoms with E-state index in [0.717, 1.165) is 12.1 Å². The normalized spacial score (nSPS) is 37.2. The van der Waals surface area contributed by atoms with Gasteiger partial charge in [0.15, 0.2) is 0 Å². The standard InChI is InChI=1S/C23H31FN2O2S/c1-12-9-18(27)19(20-16-7-8-29-22(16)23(28)25-21(12)20)14-5-6-15(17(24)10-14)13(2)11-26(3)4/h5-8,10,12-13,16,18-22,27H,9,11H2,1-4H3,(H,25,28)/t12?,13-,16?,18?,19?,20?,21?,22?/m1/s1. The van der Waals surface area contributed by atoms with E-state index in [0.29, 0.717) is 12.0 Å². The van der Waals surface area contributed by atoms with Crippen molar-refractivity contribution in [2.45, 2.75) is 49.5 Å². The minimum absolute atomic E-state index is 0.0101. The minimum Gasteiger partial charge on any atom is -0.392 e. The van der Waals surface area contributed by atoms with Crippen LogP contribution in [0.1, 0.15) is 43.2 Å². The number of aliphatic hydroxyl groups excluding tert-OH is 1. The highest BCUT2D eigenvalue weighted by Crippen LogP contribution is 2.51. The zero-order valence-electron chi connectivity index (χ0n) is 17.5. The van der Waals surface area contributed by atoms with Crippen molar-refractivity contribution in [1.82, 2.24) is 10.2 Å². The fourth-order valence-corrected chi connectivity index (χ4v) is 6.80. The number of likely N-dealkylation sites (N-methyl/N-ethyl adjacent to an activating group) is 1. The van der Waals surface area contributed by atoms with Crippen LogP contribution in [0.15, 0.2) is 29.7 Å². The van der Waals surface area contributed by atoms with E-state index < -0.39 is 6.10 Å². The lowest BCUT2D eigenvalue weighted by Crippen LogP contribution is -2.62. The van der Waals surface area contributed by atoms with Gasteiger partial charge in [0.05, 0.1) is 11.4 Å². The first-order valence-corrected chi connectivity index (χ1v) is 11.5. The number of carbonyl (C=O) groups excluding carboxylic acids is 1. The second-order valence-corrected chi connectivity index (χ2v) is 10.4. The van der Waals surface area contributed by atoms with Crippen LogP contribution in [0.5, 0.6) is 0 Å². The Balaban J connectivity index is 1.68. The number of thioether (sulfide) groups is 1. The molecule has 2 heterocycles. The third-order valence-corrected chi connectivity index (χ3v) is 8.07. The van der Waals surface area contributed by atoms with Crippen LogP contribution in [0.4, 0.5) is 4.39 Å². The summed E-state index contributed by atoms with van der Waals surface area (Å²) < 4.78 is 15.1. The first-order chi connectivity index (χ1) is 13.8. The maximum absolute atomic E-state index is 15.1. The Labute approximate surface area is 176 Å². The third kappa shape index (κ3) is 3.75. The smallest absolute Gasteiger partial charge is 0.234 e. The number of rotatable bonds is 4. The summed E-state index contributed by atoms with van der Waals surface area (Å²) in [6, 6.07) is 5.51. The number of allylic oxidation sites excluding steroid dienone is 1. The molecule has 0 radical (unpaired) electrons. The lowest BCUT2D eigenvalue weighted by Gasteiger charge is -2.51. The van der Waals surface area contributed by atoms with Gasteiger partial charge in [-0.1, -0.05) is 32.1 Å². The second kappa shape index (κ2) is 8.05. The summed E-state index contributed by atoms with van der Waals surface area (Å²) in [4.78, 5) is 14.6. The number of nitrogens with one attached hydrogen (secondary N) is 1. The van der Waals surface area contributed by atoms with Crippen molar-refractivity contribution in [3.05, 3.63) is 46.6 Å². The number of hydrogen-bond acceptors (Lipinski definition) is 4. The molecule has 6 heteroatoms. The van der Waals surface area contributed by atoms with E-state index in [4.69, 9.17) is 0 Å². The summed E-state index contributed by atoms with van der Waals surface area (Å²) in [7, 11) is 3.98. The van der Waals surface area contributed by atoms with Crippen LogP contribution in [0.25, 0.3) is 0 Å². The summed E-state index contributed by atoms with van der Waals surface area (Å²) in [6.07, 6.45) is 2.19. The maximum atomic E-state index is 15.1. The van der Waals surface area contributed by atoms with Crippen LogP contribution in [0, 0.1) is 23.6 Å². The van der Waals surface area contributed by atoms with Crippen LogP contribution in [-0.4, -0.2) is 53.9 Å². The fraction of sp³-hybridized carbons (Fsp3) is 0.609. The molecule has 3 aliphatic rings. The van der Waals surface area contributed by atoms with Gasteiger partial charge in [0.2, 0.25) is 5.91 Å². The molecule has 4 rings (SSSR count). The predicted molar refractivity (Wildman–Crippen MR) is 115 cm³/mol. The SMILES string of the molecule is CC1CC(O)C(c2ccc([C@H](C)CN(C)C)c(F)c2)C2C3C=CSC3C(=O)NC12. The maximum Gasteiger partial charge on any atom is 0.234 e. The van der Waals surface area contributed by atoms with E-state index in [1.165, 1.54) is 0 Å². The van der Waals surface area contributed by atoms with Crippen molar-refractivity contribution < 1.29 is 14.3 Å². The Kier molecular flexibility index (Phi) is 5.79. The number of aliphatic hydroxyl groups is 1. The van der Waals surface area contributed by atoms with Gasteiger partial charge in [-0.3, -0.25) is 4.79 Å². The second-order valence-electron chi connectivity index (χ2n) is 9.32. The summed E-state index contributed by atoms with van der Waals surface area (Å²) in [6.45, 7) is 4.91. The molecule has 0 bridgehead atoms. The number of amides is 1.